The lowest BCUT2D eigenvalue weighted by molar-refractivity contribution is 0.202. The van der Waals surface area contributed by atoms with E-state index in [1.807, 2.05) is 19.2 Å². The van der Waals surface area contributed by atoms with Crippen molar-refractivity contribution in [2.24, 2.45) is 4.99 Å². The van der Waals surface area contributed by atoms with E-state index in [0.717, 1.165) is 31.6 Å². The fraction of sp³-hybridized carbons (Fsp3) is 0.700. The van der Waals surface area contributed by atoms with Crippen molar-refractivity contribution >= 4 is 6.21 Å². The molecule has 2 nitrogen and oxygen atoms in total. The van der Waals surface area contributed by atoms with Gasteiger partial charge in [0.25, 0.3) is 0 Å². The largest absolute Gasteiger partial charge is 0.384 e. The van der Waals surface area contributed by atoms with E-state index in [1.165, 1.54) is 0 Å². The monoisotopic (exact) mass is 169 g/mol. The summed E-state index contributed by atoms with van der Waals surface area (Å²) in [5.74, 6) is 0. The Morgan fingerprint density at radius 3 is 2.75 bits per heavy atom. The summed E-state index contributed by atoms with van der Waals surface area (Å²) in [5, 5.41) is 0. The normalized spacial score (nSPS) is 12.8. The summed E-state index contributed by atoms with van der Waals surface area (Å²) in [5.41, 5.74) is 1.12. The highest BCUT2D eigenvalue weighted by molar-refractivity contribution is 5.58. The highest BCUT2D eigenvalue weighted by atomic mass is 16.5. The van der Waals surface area contributed by atoms with Gasteiger partial charge in [0.1, 0.15) is 0 Å². The number of allylic oxidation sites excluding steroid dienone is 1. The Kier molecular flexibility index (Phi) is 8.02. The standard InChI is InChI=1S/C10H19NO/c1-4-6-8-11-10(5-2)7-9-12-3/h5,8H,4,6-7,9H2,1-3H3/b10-5-,11-8-. The third kappa shape index (κ3) is 6.10. The van der Waals surface area contributed by atoms with E-state index in [2.05, 4.69) is 11.9 Å². The Balaban J connectivity index is 3.68. The number of hydrogen-bond acceptors (Lipinski definition) is 2. The van der Waals surface area contributed by atoms with Gasteiger partial charge in [-0.15, -0.1) is 0 Å². The van der Waals surface area contributed by atoms with E-state index in [9.17, 15) is 0 Å². The highest BCUT2D eigenvalue weighted by Crippen LogP contribution is 2.02. The fourth-order valence-electron chi connectivity index (χ4n) is 0.801. The summed E-state index contributed by atoms with van der Waals surface area (Å²) in [7, 11) is 1.71. The van der Waals surface area contributed by atoms with Crippen molar-refractivity contribution < 1.29 is 4.74 Å². The van der Waals surface area contributed by atoms with Crippen LogP contribution < -0.4 is 0 Å². The molecule has 70 valence electrons. The van der Waals surface area contributed by atoms with Crippen LogP contribution in [-0.4, -0.2) is 19.9 Å². The maximum absolute atomic E-state index is 4.97. The molecule has 0 saturated carbocycles. The second-order valence-corrected chi connectivity index (χ2v) is 2.62. The SMILES string of the molecule is C/C=C(CCOC)\N=C/CCC. The van der Waals surface area contributed by atoms with Gasteiger partial charge >= 0.3 is 0 Å². The van der Waals surface area contributed by atoms with Gasteiger partial charge in [-0.25, -0.2) is 0 Å². The molecule has 0 rings (SSSR count). The molecule has 0 aromatic rings. The van der Waals surface area contributed by atoms with Crippen LogP contribution in [0.3, 0.4) is 0 Å². The van der Waals surface area contributed by atoms with Crippen LogP contribution in [0.5, 0.6) is 0 Å². The van der Waals surface area contributed by atoms with Gasteiger partial charge in [0, 0.05) is 25.4 Å². The molecule has 0 aromatic heterocycles. The minimum Gasteiger partial charge on any atom is -0.384 e. The van der Waals surface area contributed by atoms with Gasteiger partial charge < -0.3 is 4.74 Å². The summed E-state index contributed by atoms with van der Waals surface area (Å²) in [6.07, 6.45) is 7.14. The van der Waals surface area contributed by atoms with Gasteiger partial charge in [0.05, 0.1) is 6.61 Å². The third-order valence-electron chi connectivity index (χ3n) is 1.57. The minimum atomic E-state index is 0.753. The second-order valence-electron chi connectivity index (χ2n) is 2.62. The molecule has 0 saturated heterocycles. The van der Waals surface area contributed by atoms with Crippen LogP contribution in [0.1, 0.15) is 33.1 Å². The van der Waals surface area contributed by atoms with Crippen LogP contribution in [0.4, 0.5) is 0 Å². The van der Waals surface area contributed by atoms with E-state index < -0.39 is 0 Å². The Labute approximate surface area is 75.3 Å². The molecule has 0 aliphatic heterocycles. The first kappa shape index (κ1) is 11.4. The smallest absolute Gasteiger partial charge is 0.0517 e. The van der Waals surface area contributed by atoms with Crippen molar-refractivity contribution in [1.29, 1.82) is 0 Å². The molecule has 0 aromatic carbocycles. The Morgan fingerprint density at radius 1 is 1.50 bits per heavy atom. The maximum Gasteiger partial charge on any atom is 0.0517 e. The Hall–Kier alpha value is -0.630. The molecule has 0 atom stereocenters. The van der Waals surface area contributed by atoms with Crippen LogP contribution in [0.2, 0.25) is 0 Å². The lowest BCUT2D eigenvalue weighted by atomic mass is 10.3. The van der Waals surface area contributed by atoms with Gasteiger partial charge in [-0.3, -0.25) is 4.99 Å². The molecule has 0 aliphatic rings. The molecular formula is C10H19NO. The number of ether oxygens (including phenoxy) is 1. The summed E-state index contributed by atoms with van der Waals surface area (Å²) in [6, 6.07) is 0. The zero-order valence-electron chi connectivity index (χ0n) is 8.34. The van der Waals surface area contributed by atoms with Crippen molar-refractivity contribution in [3.05, 3.63) is 11.8 Å². The van der Waals surface area contributed by atoms with Gasteiger partial charge in [0.2, 0.25) is 0 Å². The predicted octanol–water partition coefficient (Wildman–Crippen LogP) is 2.80. The van der Waals surface area contributed by atoms with Crippen LogP contribution in [0.25, 0.3) is 0 Å². The number of aliphatic imine (C=N–C) groups is 1. The van der Waals surface area contributed by atoms with Crippen molar-refractivity contribution in [2.75, 3.05) is 13.7 Å². The summed E-state index contributed by atoms with van der Waals surface area (Å²) in [4.78, 5) is 4.33. The zero-order chi connectivity index (χ0) is 9.23. The third-order valence-corrected chi connectivity index (χ3v) is 1.57. The zero-order valence-corrected chi connectivity index (χ0v) is 8.34. The Bertz CT molecular complexity index is 150. The molecule has 0 amide bonds. The van der Waals surface area contributed by atoms with Crippen molar-refractivity contribution in [2.45, 2.75) is 33.1 Å². The van der Waals surface area contributed by atoms with Crippen molar-refractivity contribution in [3.8, 4) is 0 Å². The van der Waals surface area contributed by atoms with Crippen molar-refractivity contribution in [1.82, 2.24) is 0 Å². The topological polar surface area (TPSA) is 21.6 Å². The van der Waals surface area contributed by atoms with E-state index in [0.29, 0.717) is 0 Å². The molecule has 0 aliphatic carbocycles. The van der Waals surface area contributed by atoms with Gasteiger partial charge in [0.15, 0.2) is 0 Å². The molecule has 0 spiro atoms. The maximum atomic E-state index is 4.97. The molecule has 0 radical (unpaired) electrons. The fourth-order valence-corrected chi connectivity index (χ4v) is 0.801. The molecular weight excluding hydrogens is 150 g/mol. The molecule has 2 heteroatoms. The average molecular weight is 169 g/mol. The number of rotatable bonds is 6. The van der Waals surface area contributed by atoms with Gasteiger partial charge in [-0.2, -0.15) is 0 Å². The number of hydrogen-bond donors (Lipinski definition) is 0. The van der Waals surface area contributed by atoms with Crippen LogP contribution in [-0.2, 0) is 4.74 Å². The highest BCUT2D eigenvalue weighted by Gasteiger charge is 1.90. The van der Waals surface area contributed by atoms with Gasteiger partial charge in [-0.05, 0) is 13.3 Å². The minimum absolute atomic E-state index is 0.753. The molecule has 0 bridgehead atoms. The van der Waals surface area contributed by atoms with E-state index in [4.69, 9.17) is 4.74 Å². The molecule has 0 N–H and O–H groups in total. The lowest BCUT2D eigenvalue weighted by Gasteiger charge is -1.98. The second kappa shape index (κ2) is 8.47. The molecule has 0 unspecified atom stereocenters. The molecule has 12 heavy (non-hydrogen) atoms. The molecule has 0 fully saturated rings. The van der Waals surface area contributed by atoms with Crippen LogP contribution >= 0.6 is 0 Å². The van der Waals surface area contributed by atoms with Crippen molar-refractivity contribution in [3.63, 3.8) is 0 Å². The summed E-state index contributed by atoms with van der Waals surface area (Å²) >= 11 is 0. The van der Waals surface area contributed by atoms with Crippen LogP contribution in [0, 0.1) is 0 Å². The van der Waals surface area contributed by atoms with Gasteiger partial charge in [-0.1, -0.05) is 19.4 Å². The lowest BCUT2D eigenvalue weighted by Crippen LogP contribution is -1.90. The first-order valence-electron chi connectivity index (χ1n) is 4.51. The van der Waals surface area contributed by atoms with E-state index in [1.54, 1.807) is 7.11 Å². The Morgan fingerprint density at radius 2 is 2.25 bits per heavy atom. The summed E-state index contributed by atoms with van der Waals surface area (Å²) in [6.45, 7) is 4.91. The first-order chi connectivity index (χ1) is 5.85. The van der Waals surface area contributed by atoms with Crippen LogP contribution in [0.15, 0.2) is 16.8 Å². The number of nitrogens with zero attached hydrogens (tertiary/aromatic N) is 1. The van der Waals surface area contributed by atoms with E-state index >= 15 is 0 Å². The summed E-state index contributed by atoms with van der Waals surface area (Å²) < 4.78 is 4.97. The quantitative estimate of drug-likeness (QED) is 0.560. The first-order valence-corrected chi connectivity index (χ1v) is 4.51. The molecule has 0 heterocycles. The predicted molar refractivity (Wildman–Crippen MR) is 53.7 cm³/mol. The number of unbranched alkanes of at least 4 members (excludes halogenated alkanes) is 1. The number of methoxy groups -OCH3 is 1. The van der Waals surface area contributed by atoms with E-state index in [-0.39, 0.29) is 0 Å². The average Bonchev–Trinajstić information content (AvgIpc) is 2.11.